The molecule has 1 aliphatic heterocycles. The standard InChI is InChI=1S/C19H22F2N2O/c20-19(21)9-4-10-23(14-19)12-16-11-17(22)7-8-18(16)24-13-15-5-2-1-3-6-15/h1-3,5-8,11H,4,9-10,12-14,22H2. The molecule has 128 valence electrons. The number of hydrogen-bond donors (Lipinski definition) is 1. The van der Waals surface area contributed by atoms with E-state index in [0.717, 1.165) is 11.1 Å². The van der Waals surface area contributed by atoms with Gasteiger partial charge in [0.15, 0.2) is 0 Å². The third kappa shape index (κ3) is 4.45. The minimum absolute atomic E-state index is 0.0300. The minimum Gasteiger partial charge on any atom is -0.489 e. The predicted octanol–water partition coefficient (Wildman–Crippen LogP) is 4.08. The number of hydrogen-bond acceptors (Lipinski definition) is 3. The van der Waals surface area contributed by atoms with Crippen molar-refractivity contribution in [1.82, 2.24) is 4.90 Å². The molecular formula is C19H22F2N2O. The van der Waals surface area contributed by atoms with E-state index in [1.54, 1.807) is 11.0 Å². The Kier molecular flexibility index (Phi) is 5.00. The Hall–Kier alpha value is -2.14. The number of likely N-dealkylation sites (tertiary alicyclic amines) is 1. The summed E-state index contributed by atoms with van der Waals surface area (Å²) in [4.78, 5) is 1.77. The molecule has 1 fully saturated rings. The summed E-state index contributed by atoms with van der Waals surface area (Å²) in [6, 6.07) is 15.2. The zero-order valence-electron chi connectivity index (χ0n) is 13.6. The Balaban J connectivity index is 1.71. The van der Waals surface area contributed by atoms with Gasteiger partial charge >= 0.3 is 0 Å². The van der Waals surface area contributed by atoms with Gasteiger partial charge in [0.25, 0.3) is 5.92 Å². The van der Waals surface area contributed by atoms with Crippen LogP contribution in [0.5, 0.6) is 5.75 Å². The average Bonchev–Trinajstić information content (AvgIpc) is 2.54. The van der Waals surface area contributed by atoms with Crippen molar-refractivity contribution in [2.24, 2.45) is 0 Å². The highest BCUT2D eigenvalue weighted by atomic mass is 19.3. The molecule has 2 aromatic carbocycles. The second-order valence-electron chi connectivity index (χ2n) is 6.31. The van der Waals surface area contributed by atoms with E-state index in [4.69, 9.17) is 10.5 Å². The fourth-order valence-electron chi connectivity index (χ4n) is 3.02. The van der Waals surface area contributed by atoms with Crippen molar-refractivity contribution in [1.29, 1.82) is 0 Å². The number of nitrogens with zero attached hydrogens (tertiary/aromatic N) is 1. The summed E-state index contributed by atoms with van der Waals surface area (Å²) in [6.45, 7) is 1.32. The molecule has 0 spiro atoms. The van der Waals surface area contributed by atoms with Crippen LogP contribution in [0.4, 0.5) is 14.5 Å². The fraction of sp³-hybridized carbons (Fsp3) is 0.368. The molecule has 0 unspecified atom stereocenters. The molecule has 0 atom stereocenters. The van der Waals surface area contributed by atoms with Crippen molar-refractivity contribution >= 4 is 5.69 Å². The monoisotopic (exact) mass is 332 g/mol. The second kappa shape index (κ2) is 7.18. The molecule has 2 N–H and O–H groups in total. The van der Waals surface area contributed by atoms with Gasteiger partial charge in [-0.3, -0.25) is 4.90 Å². The van der Waals surface area contributed by atoms with E-state index in [2.05, 4.69) is 0 Å². The lowest BCUT2D eigenvalue weighted by molar-refractivity contribution is -0.0662. The van der Waals surface area contributed by atoms with Crippen LogP contribution in [0.3, 0.4) is 0 Å². The van der Waals surface area contributed by atoms with Crippen molar-refractivity contribution in [3.63, 3.8) is 0 Å². The van der Waals surface area contributed by atoms with E-state index in [-0.39, 0.29) is 13.0 Å². The molecule has 0 aliphatic carbocycles. The van der Waals surface area contributed by atoms with Crippen LogP contribution in [0.25, 0.3) is 0 Å². The normalized spacial score (nSPS) is 17.6. The number of benzene rings is 2. The molecule has 5 heteroatoms. The number of anilines is 1. The number of piperidine rings is 1. The Bertz CT molecular complexity index is 676. The van der Waals surface area contributed by atoms with Crippen molar-refractivity contribution in [3.05, 3.63) is 59.7 Å². The van der Waals surface area contributed by atoms with Gasteiger partial charge in [-0.2, -0.15) is 0 Å². The van der Waals surface area contributed by atoms with Gasteiger partial charge in [0.2, 0.25) is 0 Å². The number of ether oxygens (including phenoxy) is 1. The second-order valence-corrected chi connectivity index (χ2v) is 6.31. The average molecular weight is 332 g/mol. The maximum Gasteiger partial charge on any atom is 0.260 e. The van der Waals surface area contributed by atoms with E-state index >= 15 is 0 Å². The summed E-state index contributed by atoms with van der Waals surface area (Å²) in [6.07, 6.45) is 0.479. The maximum atomic E-state index is 13.6. The van der Waals surface area contributed by atoms with Crippen LogP contribution in [-0.4, -0.2) is 23.9 Å². The van der Waals surface area contributed by atoms with Gasteiger partial charge in [0, 0.05) is 24.2 Å². The maximum absolute atomic E-state index is 13.6. The molecule has 2 aromatic rings. The molecule has 0 bridgehead atoms. The molecule has 0 radical (unpaired) electrons. The summed E-state index contributed by atoms with van der Waals surface area (Å²) >= 11 is 0. The molecular weight excluding hydrogens is 310 g/mol. The molecule has 3 rings (SSSR count). The van der Waals surface area contributed by atoms with Crippen LogP contribution >= 0.6 is 0 Å². The summed E-state index contributed by atoms with van der Waals surface area (Å²) in [5.74, 6) is -1.91. The Morgan fingerprint density at radius 1 is 1.12 bits per heavy atom. The lowest BCUT2D eigenvalue weighted by Gasteiger charge is -2.32. The molecule has 0 amide bonds. The van der Waals surface area contributed by atoms with Crippen LogP contribution in [0.15, 0.2) is 48.5 Å². The van der Waals surface area contributed by atoms with Crippen LogP contribution in [-0.2, 0) is 13.2 Å². The molecule has 1 saturated heterocycles. The molecule has 1 aliphatic rings. The largest absolute Gasteiger partial charge is 0.489 e. The highest BCUT2D eigenvalue weighted by Crippen LogP contribution is 2.30. The fourth-order valence-corrected chi connectivity index (χ4v) is 3.02. The van der Waals surface area contributed by atoms with Gasteiger partial charge in [-0.1, -0.05) is 30.3 Å². The highest BCUT2D eigenvalue weighted by Gasteiger charge is 2.35. The summed E-state index contributed by atoms with van der Waals surface area (Å²) < 4.78 is 33.1. The zero-order valence-corrected chi connectivity index (χ0v) is 13.6. The lowest BCUT2D eigenvalue weighted by atomic mass is 10.1. The van der Waals surface area contributed by atoms with E-state index in [1.165, 1.54) is 0 Å². The van der Waals surface area contributed by atoms with Crippen LogP contribution in [0, 0.1) is 0 Å². The number of nitrogen functional groups attached to an aromatic ring is 1. The van der Waals surface area contributed by atoms with Crippen molar-refractivity contribution < 1.29 is 13.5 Å². The number of nitrogens with two attached hydrogens (primary N) is 1. The summed E-state index contributed by atoms with van der Waals surface area (Å²) in [7, 11) is 0. The Morgan fingerprint density at radius 3 is 2.67 bits per heavy atom. The third-order valence-corrected chi connectivity index (χ3v) is 4.19. The molecule has 0 saturated carbocycles. The van der Waals surface area contributed by atoms with Crippen molar-refractivity contribution in [2.75, 3.05) is 18.8 Å². The van der Waals surface area contributed by atoms with Crippen LogP contribution < -0.4 is 10.5 Å². The first kappa shape index (κ1) is 16.7. The Labute approximate surface area is 141 Å². The van der Waals surface area contributed by atoms with Gasteiger partial charge in [0.05, 0.1) is 6.54 Å². The van der Waals surface area contributed by atoms with Gasteiger partial charge in [-0.25, -0.2) is 8.78 Å². The predicted molar refractivity (Wildman–Crippen MR) is 91.1 cm³/mol. The van der Waals surface area contributed by atoms with Gasteiger partial charge in [-0.15, -0.1) is 0 Å². The molecule has 1 heterocycles. The quantitative estimate of drug-likeness (QED) is 0.839. The van der Waals surface area contributed by atoms with Crippen LogP contribution in [0.2, 0.25) is 0 Å². The van der Waals surface area contributed by atoms with E-state index in [0.29, 0.717) is 37.6 Å². The lowest BCUT2D eigenvalue weighted by Crippen LogP contribution is -2.42. The summed E-state index contributed by atoms with van der Waals surface area (Å²) in [5, 5.41) is 0. The van der Waals surface area contributed by atoms with Crippen molar-refractivity contribution in [3.8, 4) is 5.75 Å². The number of halogens is 2. The smallest absolute Gasteiger partial charge is 0.260 e. The topological polar surface area (TPSA) is 38.5 Å². The van der Waals surface area contributed by atoms with Gasteiger partial charge in [0.1, 0.15) is 12.4 Å². The number of rotatable bonds is 5. The summed E-state index contributed by atoms with van der Waals surface area (Å²) in [5.41, 5.74) is 8.39. The first-order valence-corrected chi connectivity index (χ1v) is 8.17. The first-order valence-electron chi connectivity index (χ1n) is 8.17. The first-order chi connectivity index (χ1) is 11.5. The Morgan fingerprint density at radius 2 is 1.92 bits per heavy atom. The van der Waals surface area contributed by atoms with Crippen LogP contribution in [0.1, 0.15) is 24.0 Å². The zero-order chi connectivity index (χ0) is 17.0. The molecule has 24 heavy (non-hydrogen) atoms. The van der Waals surface area contributed by atoms with Gasteiger partial charge < -0.3 is 10.5 Å². The van der Waals surface area contributed by atoms with E-state index in [1.807, 2.05) is 42.5 Å². The van der Waals surface area contributed by atoms with Crippen molar-refractivity contribution in [2.45, 2.75) is 31.9 Å². The number of alkyl halides is 2. The van der Waals surface area contributed by atoms with Gasteiger partial charge in [-0.05, 0) is 36.7 Å². The molecule has 0 aromatic heterocycles. The molecule has 3 nitrogen and oxygen atoms in total. The SMILES string of the molecule is Nc1ccc(OCc2ccccc2)c(CN2CCCC(F)(F)C2)c1. The van der Waals surface area contributed by atoms with E-state index < -0.39 is 5.92 Å². The highest BCUT2D eigenvalue weighted by molar-refractivity contribution is 5.48. The third-order valence-electron chi connectivity index (χ3n) is 4.19. The minimum atomic E-state index is -2.61. The van der Waals surface area contributed by atoms with E-state index in [9.17, 15) is 8.78 Å².